The van der Waals surface area contributed by atoms with Crippen LogP contribution in [0.4, 0.5) is 4.39 Å². The molecule has 1 aromatic carbocycles. The van der Waals surface area contributed by atoms with E-state index in [4.69, 9.17) is 4.52 Å². The summed E-state index contributed by atoms with van der Waals surface area (Å²) in [6.07, 6.45) is 3.50. The molecule has 7 nitrogen and oxygen atoms in total. The predicted molar refractivity (Wildman–Crippen MR) is 83.6 cm³/mol. The van der Waals surface area contributed by atoms with Gasteiger partial charge in [0.05, 0.1) is 17.1 Å². The summed E-state index contributed by atoms with van der Waals surface area (Å²) in [5.74, 6) is 0.454. The van der Waals surface area contributed by atoms with Crippen molar-refractivity contribution in [3.8, 4) is 11.4 Å². The molecular formula is C16H16FN5O2. The van der Waals surface area contributed by atoms with Crippen LogP contribution in [0.5, 0.6) is 0 Å². The molecule has 1 amide bonds. The molecule has 3 heterocycles. The highest BCUT2D eigenvalue weighted by Crippen LogP contribution is 2.31. The van der Waals surface area contributed by atoms with Crippen molar-refractivity contribution in [2.75, 3.05) is 13.6 Å². The topological polar surface area (TPSA) is 87.9 Å². The lowest BCUT2D eigenvalue weighted by molar-refractivity contribution is -0.129. The Kier molecular flexibility index (Phi) is 3.51. The lowest BCUT2D eigenvalue weighted by atomic mass is 10.0. The highest BCUT2D eigenvalue weighted by Gasteiger charge is 2.27. The van der Waals surface area contributed by atoms with Gasteiger partial charge in [-0.3, -0.25) is 9.89 Å². The number of likely N-dealkylation sites (tertiary alicyclic amines) is 1. The van der Waals surface area contributed by atoms with Crippen molar-refractivity contribution in [2.24, 2.45) is 0 Å². The molecule has 0 radical (unpaired) electrons. The number of hydrogen-bond donors (Lipinski definition) is 1. The third-order valence-electron chi connectivity index (χ3n) is 4.49. The van der Waals surface area contributed by atoms with Gasteiger partial charge in [0.15, 0.2) is 0 Å². The monoisotopic (exact) mass is 329 g/mol. The zero-order chi connectivity index (χ0) is 16.7. The molecule has 1 N–H and O–H groups in total. The van der Waals surface area contributed by atoms with Crippen molar-refractivity contribution in [3.63, 3.8) is 0 Å². The van der Waals surface area contributed by atoms with Crippen molar-refractivity contribution in [3.05, 3.63) is 30.0 Å². The first-order valence-corrected chi connectivity index (χ1v) is 7.83. The van der Waals surface area contributed by atoms with Gasteiger partial charge in [-0.25, -0.2) is 4.39 Å². The van der Waals surface area contributed by atoms with E-state index in [1.54, 1.807) is 18.0 Å². The zero-order valence-electron chi connectivity index (χ0n) is 13.1. The van der Waals surface area contributed by atoms with E-state index in [9.17, 15) is 9.18 Å². The number of halogens is 1. The fourth-order valence-corrected chi connectivity index (χ4v) is 3.08. The summed E-state index contributed by atoms with van der Waals surface area (Å²) in [5, 5.41) is 11.0. The summed E-state index contributed by atoms with van der Waals surface area (Å²) in [5.41, 5.74) is 1.15. The van der Waals surface area contributed by atoms with Crippen LogP contribution in [-0.2, 0) is 4.79 Å². The highest BCUT2D eigenvalue weighted by molar-refractivity contribution is 5.91. The first-order chi connectivity index (χ1) is 11.6. The first kappa shape index (κ1) is 14.8. The molecule has 24 heavy (non-hydrogen) atoms. The Bertz CT molecular complexity index is 903. The van der Waals surface area contributed by atoms with Gasteiger partial charge in [-0.1, -0.05) is 5.16 Å². The normalized spacial score (nSPS) is 19.0. The summed E-state index contributed by atoms with van der Waals surface area (Å²) in [4.78, 5) is 18.2. The third kappa shape index (κ3) is 2.44. The molecule has 0 spiro atoms. The van der Waals surface area contributed by atoms with Crippen LogP contribution in [0.2, 0.25) is 0 Å². The number of amides is 1. The Morgan fingerprint density at radius 3 is 3.17 bits per heavy atom. The number of H-pyrrole nitrogens is 1. The number of fused-ring (bicyclic) bond motifs is 1. The number of nitrogens with zero attached hydrogens (tertiary/aromatic N) is 4. The minimum atomic E-state index is -0.358. The van der Waals surface area contributed by atoms with Crippen molar-refractivity contribution in [1.29, 1.82) is 0 Å². The van der Waals surface area contributed by atoms with E-state index >= 15 is 0 Å². The Morgan fingerprint density at radius 1 is 1.42 bits per heavy atom. The number of aromatic amines is 1. The van der Waals surface area contributed by atoms with Gasteiger partial charge < -0.3 is 9.42 Å². The van der Waals surface area contributed by atoms with Crippen molar-refractivity contribution < 1.29 is 13.7 Å². The maximum atomic E-state index is 13.8. The van der Waals surface area contributed by atoms with Gasteiger partial charge in [0.2, 0.25) is 17.6 Å². The number of nitrogens with one attached hydrogen (secondary N) is 1. The van der Waals surface area contributed by atoms with Gasteiger partial charge in [0, 0.05) is 31.5 Å². The van der Waals surface area contributed by atoms with Gasteiger partial charge >= 0.3 is 0 Å². The van der Waals surface area contributed by atoms with Crippen LogP contribution >= 0.6 is 0 Å². The Labute approximate surface area is 136 Å². The molecule has 1 unspecified atom stereocenters. The van der Waals surface area contributed by atoms with Crippen LogP contribution < -0.4 is 0 Å². The molecule has 1 saturated heterocycles. The van der Waals surface area contributed by atoms with Crippen LogP contribution in [-0.4, -0.2) is 44.7 Å². The van der Waals surface area contributed by atoms with Crippen LogP contribution in [0.3, 0.4) is 0 Å². The van der Waals surface area contributed by atoms with E-state index in [0.29, 0.717) is 34.6 Å². The summed E-state index contributed by atoms with van der Waals surface area (Å²) in [6, 6.07) is 2.95. The van der Waals surface area contributed by atoms with E-state index in [2.05, 4.69) is 20.3 Å². The minimum absolute atomic E-state index is 0.0787. The molecule has 124 valence electrons. The Balaban J connectivity index is 1.68. The fraction of sp³-hybridized carbons (Fsp3) is 0.375. The number of aromatic nitrogens is 4. The Morgan fingerprint density at radius 2 is 2.29 bits per heavy atom. The van der Waals surface area contributed by atoms with Gasteiger partial charge in [-0.2, -0.15) is 10.1 Å². The number of benzene rings is 1. The van der Waals surface area contributed by atoms with Crippen molar-refractivity contribution >= 4 is 16.8 Å². The molecular weight excluding hydrogens is 313 g/mol. The van der Waals surface area contributed by atoms with E-state index in [-0.39, 0.29) is 17.6 Å². The molecule has 1 fully saturated rings. The average Bonchev–Trinajstić information content (AvgIpc) is 3.21. The van der Waals surface area contributed by atoms with Crippen LogP contribution in [0.25, 0.3) is 22.3 Å². The van der Waals surface area contributed by atoms with Gasteiger partial charge in [-0.15, -0.1) is 0 Å². The highest BCUT2D eigenvalue weighted by atomic mass is 19.1. The van der Waals surface area contributed by atoms with E-state index in [1.807, 2.05) is 0 Å². The first-order valence-electron chi connectivity index (χ1n) is 7.83. The summed E-state index contributed by atoms with van der Waals surface area (Å²) in [6.45, 7) is 0.739. The SMILES string of the molecule is CN1CCCC(c2nc(-c3ccc(F)c4cn[nH]c34)no2)CC1=O. The predicted octanol–water partition coefficient (Wildman–Crippen LogP) is 2.48. The zero-order valence-corrected chi connectivity index (χ0v) is 13.1. The molecule has 8 heteroatoms. The van der Waals surface area contributed by atoms with Crippen LogP contribution in [0.1, 0.15) is 31.1 Å². The molecule has 1 aliphatic rings. The van der Waals surface area contributed by atoms with E-state index < -0.39 is 0 Å². The van der Waals surface area contributed by atoms with Gasteiger partial charge in [-0.05, 0) is 25.0 Å². The van der Waals surface area contributed by atoms with E-state index in [1.165, 1.54) is 12.3 Å². The Hall–Kier alpha value is -2.77. The van der Waals surface area contributed by atoms with Gasteiger partial charge in [0.25, 0.3) is 0 Å². The lowest BCUT2D eigenvalue weighted by Crippen LogP contribution is -2.25. The van der Waals surface area contributed by atoms with Gasteiger partial charge in [0.1, 0.15) is 5.82 Å². The summed E-state index contributed by atoms with van der Waals surface area (Å²) in [7, 11) is 1.80. The average molecular weight is 329 g/mol. The molecule has 2 aromatic heterocycles. The molecule has 1 atom stereocenters. The molecule has 0 saturated carbocycles. The molecule has 4 rings (SSSR count). The van der Waals surface area contributed by atoms with Crippen molar-refractivity contribution in [1.82, 2.24) is 25.2 Å². The summed E-state index contributed by atoms with van der Waals surface area (Å²) >= 11 is 0. The maximum Gasteiger partial charge on any atom is 0.230 e. The molecule has 0 aliphatic carbocycles. The molecule has 0 bridgehead atoms. The largest absolute Gasteiger partial charge is 0.346 e. The fourth-order valence-electron chi connectivity index (χ4n) is 3.08. The minimum Gasteiger partial charge on any atom is -0.346 e. The second kappa shape index (κ2) is 5.70. The maximum absolute atomic E-state index is 13.8. The smallest absolute Gasteiger partial charge is 0.230 e. The van der Waals surface area contributed by atoms with Crippen molar-refractivity contribution in [2.45, 2.75) is 25.2 Å². The number of hydrogen-bond acceptors (Lipinski definition) is 5. The van der Waals surface area contributed by atoms with E-state index in [0.717, 1.165) is 19.4 Å². The standard InChI is InChI=1S/C16H16FN5O2/c1-22-6-2-3-9(7-13(22)23)16-19-15(21-24-16)10-4-5-12(17)11-8-18-20-14(10)11/h4-5,8-9H,2-3,6-7H2,1H3,(H,18,20). The third-order valence-corrected chi connectivity index (χ3v) is 4.49. The second-order valence-corrected chi connectivity index (χ2v) is 6.07. The number of carbonyl (C=O) groups excluding carboxylic acids is 1. The summed E-state index contributed by atoms with van der Waals surface area (Å²) < 4.78 is 19.2. The van der Waals surface area contributed by atoms with Crippen LogP contribution in [0, 0.1) is 5.82 Å². The quantitative estimate of drug-likeness (QED) is 0.780. The number of rotatable bonds is 2. The second-order valence-electron chi connectivity index (χ2n) is 6.07. The van der Waals surface area contributed by atoms with Crippen LogP contribution in [0.15, 0.2) is 22.9 Å². The lowest BCUT2D eigenvalue weighted by Gasteiger charge is -2.12. The number of carbonyl (C=O) groups is 1. The molecule has 3 aromatic rings. The molecule has 1 aliphatic heterocycles.